The summed E-state index contributed by atoms with van der Waals surface area (Å²) < 4.78 is 3.76. The Balaban J connectivity index is 1.66. The van der Waals surface area contributed by atoms with Crippen LogP contribution in [0.4, 0.5) is 5.69 Å². The summed E-state index contributed by atoms with van der Waals surface area (Å²) >= 11 is 0. The molecule has 0 radical (unpaired) electrons. The first kappa shape index (κ1) is 13.9. The molecular formula is C15H21N5O. The quantitative estimate of drug-likeness (QED) is 0.937. The largest absolute Gasteiger partial charge is 0.323 e. The maximum Gasteiger partial charge on any atom is 0.229 e. The summed E-state index contributed by atoms with van der Waals surface area (Å²) in [5, 5.41) is 11.5. The maximum absolute atomic E-state index is 12.1. The van der Waals surface area contributed by atoms with E-state index in [-0.39, 0.29) is 5.91 Å². The SMILES string of the molecule is Cc1c(NC(=O)Cc2cnn(C)c2)cnn1C1CCCC1. The number of carbonyl (C=O) groups is 1. The smallest absolute Gasteiger partial charge is 0.229 e. The van der Waals surface area contributed by atoms with Crippen molar-refractivity contribution in [3.8, 4) is 0 Å². The molecule has 0 saturated heterocycles. The van der Waals surface area contributed by atoms with Gasteiger partial charge in [-0.3, -0.25) is 14.2 Å². The molecule has 2 aromatic heterocycles. The highest BCUT2D eigenvalue weighted by Crippen LogP contribution is 2.31. The molecule has 1 aliphatic carbocycles. The molecule has 0 aromatic carbocycles. The van der Waals surface area contributed by atoms with Gasteiger partial charge in [0.25, 0.3) is 0 Å². The summed E-state index contributed by atoms with van der Waals surface area (Å²) in [6.07, 6.45) is 10.6. The van der Waals surface area contributed by atoms with Gasteiger partial charge in [-0.15, -0.1) is 0 Å². The topological polar surface area (TPSA) is 64.7 Å². The highest BCUT2D eigenvalue weighted by atomic mass is 16.1. The van der Waals surface area contributed by atoms with Gasteiger partial charge in [0.2, 0.25) is 5.91 Å². The van der Waals surface area contributed by atoms with Gasteiger partial charge in [-0.2, -0.15) is 10.2 Å². The Labute approximate surface area is 124 Å². The Bertz CT molecular complexity index is 636. The minimum Gasteiger partial charge on any atom is -0.323 e. The first-order chi connectivity index (χ1) is 10.1. The predicted molar refractivity (Wildman–Crippen MR) is 80.0 cm³/mol. The number of aryl methyl sites for hydroxylation is 1. The van der Waals surface area contributed by atoms with Crippen molar-refractivity contribution in [1.82, 2.24) is 19.6 Å². The molecular weight excluding hydrogens is 266 g/mol. The van der Waals surface area contributed by atoms with Gasteiger partial charge in [0.05, 0.1) is 36.2 Å². The van der Waals surface area contributed by atoms with Crippen LogP contribution in [0.25, 0.3) is 0 Å². The molecule has 6 nitrogen and oxygen atoms in total. The third-order valence-corrected chi connectivity index (χ3v) is 4.11. The maximum atomic E-state index is 12.1. The summed E-state index contributed by atoms with van der Waals surface area (Å²) in [5.41, 5.74) is 2.77. The van der Waals surface area contributed by atoms with E-state index in [4.69, 9.17) is 0 Å². The van der Waals surface area contributed by atoms with Gasteiger partial charge in [-0.05, 0) is 25.3 Å². The van der Waals surface area contributed by atoms with Gasteiger partial charge in [0.1, 0.15) is 0 Å². The lowest BCUT2D eigenvalue weighted by Gasteiger charge is -2.12. The van der Waals surface area contributed by atoms with Crippen molar-refractivity contribution in [3.05, 3.63) is 29.8 Å². The minimum atomic E-state index is -0.0305. The van der Waals surface area contributed by atoms with Crippen LogP contribution in [-0.4, -0.2) is 25.5 Å². The second kappa shape index (κ2) is 5.71. The Morgan fingerprint density at radius 1 is 1.33 bits per heavy atom. The molecule has 21 heavy (non-hydrogen) atoms. The van der Waals surface area contributed by atoms with Crippen molar-refractivity contribution in [3.63, 3.8) is 0 Å². The van der Waals surface area contributed by atoms with Crippen LogP contribution >= 0.6 is 0 Å². The first-order valence-electron chi connectivity index (χ1n) is 7.45. The van der Waals surface area contributed by atoms with Crippen LogP contribution in [0.2, 0.25) is 0 Å². The lowest BCUT2D eigenvalue weighted by molar-refractivity contribution is -0.115. The van der Waals surface area contributed by atoms with E-state index in [1.54, 1.807) is 17.1 Å². The Kier molecular flexibility index (Phi) is 3.77. The number of nitrogens with zero attached hydrogens (tertiary/aromatic N) is 4. The summed E-state index contributed by atoms with van der Waals surface area (Å²) in [6.45, 7) is 2.02. The van der Waals surface area contributed by atoms with Crippen LogP contribution in [0.1, 0.15) is 43.0 Å². The number of hydrogen-bond donors (Lipinski definition) is 1. The van der Waals surface area contributed by atoms with Crippen LogP contribution in [-0.2, 0) is 18.3 Å². The second-order valence-electron chi connectivity index (χ2n) is 5.77. The molecule has 6 heteroatoms. The molecule has 1 N–H and O–H groups in total. The van der Waals surface area contributed by atoms with E-state index in [2.05, 4.69) is 20.2 Å². The zero-order valence-corrected chi connectivity index (χ0v) is 12.5. The average Bonchev–Trinajstić information content (AvgIpc) is 3.14. The number of nitrogens with one attached hydrogen (secondary N) is 1. The average molecular weight is 287 g/mol. The fraction of sp³-hybridized carbons (Fsp3) is 0.533. The molecule has 0 unspecified atom stereocenters. The van der Waals surface area contributed by atoms with Crippen molar-refractivity contribution in [2.45, 2.75) is 45.1 Å². The van der Waals surface area contributed by atoms with Crippen LogP contribution in [0.5, 0.6) is 0 Å². The molecule has 1 aliphatic rings. The van der Waals surface area contributed by atoms with Crippen molar-refractivity contribution in [2.24, 2.45) is 7.05 Å². The normalized spacial score (nSPS) is 15.5. The number of hydrogen-bond acceptors (Lipinski definition) is 3. The van der Waals surface area contributed by atoms with Gasteiger partial charge >= 0.3 is 0 Å². The van der Waals surface area contributed by atoms with Gasteiger partial charge in [0, 0.05) is 13.2 Å². The molecule has 0 aliphatic heterocycles. The fourth-order valence-electron chi connectivity index (χ4n) is 3.01. The van der Waals surface area contributed by atoms with E-state index in [0.717, 1.165) is 16.9 Å². The van der Waals surface area contributed by atoms with E-state index >= 15 is 0 Å². The van der Waals surface area contributed by atoms with E-state index in [1.165, 1.54) is 25.7 Å². The molecule has 112 valence electrons. The van der Waals surface area contributed by atoms with Crippen LogP contribution in [0, 0.1) is 6.92 Å². The lowest BCUT2D eigenvalue weighted by atomic mass is 10.2. The van der Waals surface area contributed by atoms with Gasteiger partial charge < -0.3 is 5.32 Å². The number of amides is 1. The second-order valence-corrected chi connectivity index (χ2v) is 5.77. The van der Waals surface area contributed by atoms with Gasteiger partial charge in [-0.1, -0.05) is 12.8 Å². The molecule has 2 aromatic rings. The van der Waals surface area contributed by atoms with E-state index < -0.39 is 0 Å². The van der Waals surface area contributed by atoms with E-state index in [1.807, 2.05) is 20.2 Å². The molecule has 3 rings (SSSR count). The fourth-order valence-corrected chi connectivity index (χ4v) is 3.01. The third-order valence-electron chi connectivity index (χ3n) is 4.11. The van der Waals surface area contributed by atoms with Crippen LogP contribution < -0.4 is 5.32 Å². The number of carbonyl (C=O) groups excluding carboxylic acids is 1. The number of aromatic nitrogens is 4. The summed E-state index contributed by atoms with van der Waals surface area (Å²) in [6, 6.07) is 0.494. The molecule has 1 saturated carbocycles. The van der Waals surface area contributed by atoms with Crippen molar-refractivity contribution in [1.29, 1.82) is 0 Å². The zero-order valence-electron chi connectivity index (χ0n) is 12.5. The van der Waals surface area contributed by atoms with Gasteiger partial charge in [-0.25, -0.2) is 0 Å². The monoisotopic (exact) mass is 287 g/mol. The third kappa shape index (κ3) is 2.99. The molecule has 1 amide bonds. The first-order valence-corrected chi connectivity index (χ1v) is 7.45. The lowest BCUT2D eigenvalue weighted by Crippen LogP contribution is -2.15. The summed E-state index contributed by atoms with van der Waals surface area (Å²) in [4.78, 5) is 12.1. The Morgan fingerprint density at radius 3 is 2.76 bits per heavy atom. The van der Waals surface area contributed by atoms with Crippen LogP contribution in [0.15, 0.2) is 18.6 Å². The zero-order chi connectivity index (χ0) is 14.8. The van der Waals surface area contributed by atoms with E-state index in [0.29, 0.717) is 12.5 Å². The highest BCUT2D eigenvalue weighted by Gasteiger charge is 2.20. The molecule has 0 bridgehead atoms. The van der Waals surface area contributed by atoms with Gasteiger partial charge in [0.15, 0.2) is 0 Å². The highest BCUT2D eigenvalue weighted by molar-refractivity contribution is 5.92. The molecule has 0 spiro atoms. The van der Waals surface area contributed by atoms with Crippen LogP contribution in [0.3, 0.4) is 0 Å². The minimum absolute atomic E-state index is 0.0305. The Morgan fingerprint density at radius 2 is 2.10 bits per heavy atom. The van der Waals surface area contributed by atoms with E-state index in [9.17, 15) is 4.79 Å². The van der Waals surface area contributed by atoms with Crippen molar-refractivity contribution < 1.29 is 4.79 Å². The van der Waals surface area contributed by atoms with Crippen molar-refractivity contribution >= 4 is 11.6 Å². The number of anilines is 1. The predicted octanol–water partition coefficient (Wildman–Crippen LogP) is 2.22. The summed E-state index contributed by atoms with van der Waals surface area (Å²) in [7, 11) is 1.84. The number of rotatable bonds is 4. The molecule has 1 fully saturated rings. The molecule has 0 atom stereocenters. The molecule has 2 heterocycles. The van der Waals surface area contributed by atoms with Crippen molar-refractivity contribution in [2.75, 3.05) is 5.32 Å². The summed E-state index contributed by atoms with van der Waals surface area (Å²) in [5.74, 6) is -0.0305. The Hall–Kier alpha value is -2.11. The standard InChI is InChI=1S/C15H21N5O/c1-11-14(9-17-20(11)13-5-3-4-6-13)18-15(21)7-12-8-16-19(2)10-12/h8-10,13H,3-7H2,1-2H3,(H,18,21).